The van der Waals surface area contributed by atoms with Gasteiger partial charge < -0.3 is 5.32 Å². The molecule has 1 aromatic carbocycles. The third-order valence-electron chi connectivity index (χ3n) is 1.85. The largest absolute Gasteiger partial charge is 0.338 e. The third-order valence-corrected chi connectivity index (χ3v) is 3.12. The third kappa shape index (κ3) is 2.56. The molecule has 0 fully saturated rings. The van der Waals surface area contributed by atoms with Crippen LogP contribution in [0.2, 0.25) is 0 Å². The van der Waals surface area contributed by atoms with Crippen LogP contribution in [0.15, 0.2) is 39.7 Å². The molecule has 2 rings (SSSR count). The SMILES string of the molecule is Fc1ccc(Br)c(Nc2ncncc2Br)c1. The number of nitrogens with zero attached hydrogens (tertiary/aromatic N) is 2. The first-order valence-corrected chi connectivity index (χ1v) is 5.93. The molecule has 0 bridgehead atoms. The van der Waals surface area contributed by atoms with Crippen LogP contribution >= 0.6 is 31.9 Å². The lowest BCUT2D eigenvalue weighted by molar-refractivity contribution is 0.628. The molecule has 3 nitrogen and oxygen atoms in total. The highest BCUT2D eigenvalue weighted by Crippen LogP contribution is 2.28. The molecular weight excluding hydrogens is 341 g/mol. The lowest BCUT2D eigenvalue weighted by atomic mass is 10.3. The van der Waals surface area contributed by atoms with Crippen LogP contribution in [0.3, 0.4) is 0 Å². The predicted octanol–water partition coefficient (Wildman–Crippen LogP) is 3.88. The number of halogens is 3. The minimum Gasteiger partial charge on any atom is -0.338 e. The number of hydrogen-bond acceptors (Lipinski definition) is 3. The molecule has 1 aromatic heterocycles. The van der Waals surface area contributed by atoms with Crippen molar-refractivity contribution >= 4 is 43.4 Å². The Morgan fingerprint density at radius 1 is 1.19 bits per heavy atom. The van der Waals surface area contributed by atoms with Gasteiger partial charge in [0.25, 0.3) is 0 Å². The first-order valence-electron chi connectivity index (χ1n) is 4.34. The zero-order valence-electron chi connectivity index (χ0n) is 7.92. The normalized spacial score (nSPS) is 10.2. The minimum absolute atomic E-state index is 0.309. The van der Waals surface area contributed by atoms with Crippen LogP contribution in [0.25, 0.3) is 0 Å². The van der Waals surface area contributed by atoms with Gasteiger partial charge in [-0.1, -0.05) is 0 Å². The Morgan fingerprint density at radius 3 is 2.75 bits per heavy atom. The fraction of sp³-hybridized carbons (Fsp3) is 0. The summed E-state index contributed by atoms with van der Waals surface area (Å²) >= 11 is 6.62. The number of anilines is 2. The summed E-state index contributed by atoms with van der Waals surface area (Å²) in [6.45, 7) is 0. The minimum atomic E-state index is -0.309. The molecule has 0 atom stereocenters. The van der Waals surface area contributed by atoms with Crippen LogP contribution < -0.4 is 5.32 Å². The van der Waals surface area contributed by atoms with Gasteiger partial charge in [-0.05, 0) is 50.1 Å². The maximum absolute atomic E-state index is 13.0. The highest BCUT2D eigenvalue weighted by Gasteiger charge is 2.05. The van der Waals surface area contributed by atoms with Gasteiger partial charge in [0.15, 0.2) is 0 Å². The molecule has 1 N–H and O–H groups in total. The van der Waals surface area contributed by atoms with E-state index in [0.717, 1.165) is 4.47 Å². The second-order valence-electron chi connectivity index (χ2n) is 2.97. The van der Waals surface area contributed by atoms with Crippen LogP contribution in [-0.4, -0.2) is 9.97 Å². The van der Waals surface area contributed by atoms with Crippen molar-refractivity contribution in [3.8, 4) is 0 Å². The maximum Gasteiger partial charge on any atom is 0.148 e. The summed E-state index contributed by atoms with van der Waals surface area (Å²) in [4.78, 5) is 7.87. The zero-order valence-corrected chi connectivity index (χ0v) is 11.1. The van der Waals surface area contributed by atoms with Gasteiger partial charge in [-0.25, -0.2) is 14.4 Å². The van der Waals surface area contributed by atoms with E-state index < -0.39 is 0 Å². The molecule has 16 heavy (non-hydrogen) atoms. The molecule has 0 saturated heterocycles. The fourth-order valence-electron chi connectivity index (χ4n) is 1.13. The molecule has 0 radical (unpaired) electrons. The highest BCUT2D eigenvalue weighted by atomic mass is 79.9. The molecule has 0 aliphatic heterocycles. The highest BCUT2D eigenvalue weighted by molar-refractivity contribution is 9.11. The van der Waals surface area contributed by atoms with Crippen molar-refractivity contribution < 1.29 is 4.39 Å². The van der Waals surface area contributed by atoms with Crippen molar-refractivity contribution in [1.29, 1.82) is 0 Å². The average molecular weight is 347 g/mol. The van der Waals surface area contributed by atoms with Gasteiger partial charge in [-0.15, -0.1) is 0 Å². The summed E-state index contributed by atoms with van der Waals surface area (Å²) in [5.41, 5.74) is 0.611. The van der Waals surface area contributed by atoms with E-state index in [1.54, 1.807) is 12.3 Å². The smallest absolute Gasteiger partial charge is 0.148 e. The summed E-state index contributed by atoms with van der Waals surface area (Å²) in [5, 5.41) is 3.00. The molecule has 82 valence electrons. The molecule has 0 aliphatic rings. The summed E-state index contributed by atoms with van der Waals surface area (Å²) in [6, 6.07) is 4.40. The molecule has 6 heteroatoms. The van der Waals surface area contributed by atoms with E-state index >= 15 is 0 Å². The fourth-order valence-corrected chi connectivity index (χ4v) is 1.79. The van der Waals surface area contributed by atoms with E-state index in [0.29, 0.717) is 16.0 Å². The Hall–Kier alpha value is -1.01. The predicted molar refractivity (Wildman–Crippen MR) is 67.1 cm³/mol. The van der Waals surface area contributed by atoms with E-state index in [1.165, 1.54) is 18.5 Å². The Kier molecular flexibility index (Phi) is 3.50. The lowest BCUT2D eigenvalue weighted by Crippen LogP contribution is -1.96. The Labute approximate surface area is 108 Å². The second kappa shape index (κ2) is 4.88. The van der Waals surface area contributed by atoms with Gasteiger partial charge in [0.2, 0.25) is 0 Å². The van der Waals surface area contributed by atoms with Gasteiger partial charge in [-0.3, -0.25) is 0 Å². The summed E-state index contributed by atoms with van der Waals surface area (Å²) < 4.78 is 14.5. The monoisotopic (exact) mass is 345 g/mol. The van der Waals surface area contributed by atoms with E-state index in [-0.39, 0.29) is 5.82 Å². The van der Waals surface area contributed by atoms with Crippen molar-refractivity contribution in [3.05, 3.63) is 45.5 Å². The first-order chi connectivity index (χ1) is 7.66. The van der Waals surface area contributed by atoms with E-state index in [2.05, 4.69) is 47.1 Å². The standard InChI is InChI=1S/C10H6Br2FN3/c11-7-2-1-6(13)3-9(7)16-10-8(12)4-14-5-15-10/h1-5H,(H,14,15,16). The number of benzene rings is 1. The Balaban J connectivity index is 2.34. The molecule has 0 spiro atoms. The van der Waals surface area contributed by atoms with Gasteiger partial charge in [-0.2, -0.15) is 0 Å². The summed E-state index contributed by atoms with van der Waals surface area (Å²) in [7, 11) is 0. The van der Waals surface area contributed by atoms with Crippen LogP contribution in [0.5, 0.6) is 0 Å². The van der Waals surface area contributed by atoms with Crippen molar-refractivity contribution in [3.63, 3.8) is 0 Å². The van der Waals surface area contributed by atoms with E-state index in [1.807, 2.05) is 0 Å². The van der Waals surface area contributed by atoms with Crippen molar-refractivity contribution in [2.24, 2.45) is 0 Å². The second-order valence-corrected chi connectivity index (χ2v) is 4.68. The maximum atomic E-state index is 13.0. The van der Waals surface area contributed by atoms with E-state index in [9.17, 15) is 4.39 Å². The quantitative estimate of drug-likeness (QED) is 0.896. The summed E-state index contributed by atoms with van der Waals surface area (Å²) in [6.07, 6.45) is 3.03. The average Bonchev–Trinajstić information content (AvgIpc) is 2.27. The van der Waals surface area contributed by atoms with Crippen LogP contribution in [0.4, 0.5) is 15.9 Å². The lowest BCUT2D eigenvalue weighted by Gasteiger charge is -2.08. The van der Waals surface area contributed by atoms with Crippen molar-refractivity contribution in [2.75, 3.05) is 5.32 Å². The molecular formula is C10H6Br2FN3. The zero-order chi connectivity index (χ0) is 11.5. The van der Waals surface area contributed by atoms with Crippen molar-refractivity contribution in [1.82, 2.24) is 9.97 Å². The van der Waals surface area contributed by atoms with Crippen LogP contribution in [0, 0.1) is 5.82 Å². The molecule has 0 aliphatic carbocycles. The summed E-state index contributed by atoms with van der Waals surface area (Å²) in [5.74, 6) is 0.275. The topological polar surface area (TPSA) is 37.8 Å². The Morgan fingerprint density at radius 2 is 2.00 bits per heavy atom. The van der Waals surface area contributed by atoms with E-state index in [4.69, 9.17) is 0 Å². The number of nitrogens with one attached hydrogen (secondary N) is 1. The van der Waals surface area contributed by atoms with Gasteiger partial charge in [0.1, 0.15) is 18.0 Å². The Bertz CT molecular complexity index is 519. The van der Waals surface area contributed by atoms with Crippen LogP contribution in [0.1, 0.15) is 0 Å². The molecule has 0 saturated carbocycles. The van der Waals surface area contributed by atoms with Gasteiger partial charge >= 0.3 is 0 Å². The molecule has 0 unspecified atom stereocenters. The molecule has 0 amide bonds. The van der Waals surface area contributed by atoms with Gasteiger partial charge in [0.05, 0.1) is 10.2 Å². The number of aromatic nitrogens is 2. The molecule has 1 heterocycles. The van der Waals surface area contributed by atoms with Gasteiger partial charge in [0, 0.05) is 10.7 Å². The number of hydrogen-bond donors (Lipinski definition) is 1. The number of rotatable bonds is 2. The first kappa shape index (κ1) is 11.5. The molecule has 2 aromatic rings. The van der Waals surface area contributed by atoms with Crippen molar-refractivity contribution in [2.45, 2.75) is 0 Å². The van der Waals surface area contributed by atoms with Crippen LogP contribution in [-0.2, 0) is 0 Å².